The number of benzene rings is 2. The number of hydrogen-bond donors (Lipinski definition) is 1. The van der Waals surface area contributed by atoms with Crippen LogP contribution < -0.4 is 14.8 Å². The molecule has 1 heterocycles. The number of carbonyl (C=O) groups excluding carboxylic acids is 1. The van der Waals surface area contributed by atoms with Crippen molar-refractivity contribution in [2.24, 2.45) is 0 Å². The van der Waals surface area contributed by atoms with Gasteiger partial charge < -0.3 is 14.8 Å². The van der Waals surface area contributed by atoms with E-state index in [9.17, 15) is 4.79 Å². The molecule has 0 aliphatic carbocycles. The summed E-state index contributed by atoms with van der Waals surface area (Å²) in [7, 11) is 1.60. The highest BCUT2D eigenvalue weighted by atomic mass is 16.5. The normalized spacial score (nSPS) is 10.4. The van der Waals surface area contributed by atoms with E-state index in [2.05, 4.69) is 10.3 Å². The minimum Gasteiger partial charge on any atom is -0.497 e. The Morgan fingerprint density at radius 2 is 1.92 bits per heavy atom. The van der Waals surface area contributed by atoms with Crippen LogP contribution in [0.4, 0.5) is 5.69 Å². The van der Waals surface area contributed by atoms with Crippen molar-refractivity contribution in [3.05, 3.63) is 60.8 Å². The summed E-state index contributed by atoms with van der Waals surface area (Å²) >= 11 is 0. The number of pyridine rings is 1. The first-order valence-corrected chi connectivity index (χ1v) is 8.17. The van der Waals surface area contributed by atoms with Crippen molar-refractivity contribution < 1.29 is 14.3 Å². The number of methoxy groups -OCH3 is 1. The standard InChI is InChI=1S/C20H20N2O3/c1-24-17-13-15-7-5-11-21-20(15)18(14-17)22-19(23)10-6-12-25-16-8-3-2-4-9-16/h2-5,7-9,11,13-14H,6,10,12H2,1H3,(H,22,23). The molecule has 0 atom stereocenters. The Balaban J connectivity index is 1.58. The number of anilines is 1. The number of hydrogen-bond acceptors (Lipinski definition) is 4. The fourth-order valence-corrected chi connectivity index (χ4v) is 2.53. The lowest BCUT2D eigenvalue weighted by molar-refractivity contribution is -0.116. The van der Waals surface area contributed by atoms with Crippen molar-refractivity contribution in [3.8, 4) is 11.5 Å². The Kier molecular flexibility index (Phi) is 5.46. The molecule has 0 aliphatic rings. The van der Waals surface area contributed by atoms with Crippen LogP contribution >= 0.6 is 0 Å². The molecule has 1 amide bonds. The molecule has 0 saturated carbocycles. The zero-order chi connectivity index (χ0) is 17.5. The second kappa shape index (κ2) is 8.15. The monoisotopic (exact) mass is 336 g/mol. The van der Waals surface area contributed by atoms with Gasteiger partial charge in [0.05, 0.1) is 24.9 Å². The van der Waals surface area contributed by atoms with Gasteiger partial charge in [0.1, 0.15) is 11.5 Å². The summed E-state index contributed by atoms with van der Waals surface area (Å²) in [6.45, 7) is 0.495. The molecular weight excluding hydrogens is 316 g/mol. The minimum atomic E-state index is -0.0723. The second-order valence-electron chi connectivity index (χ2n) is 5.56. The van der Waals surface area contributed by atoms with Crippen LogP contribution in [0.15, 0.2) is 60.8 Å². The molecule has 5 nitrogen and oxygen atoms in total. The molecule has 0 fully saturated rings. The van der Waals surface area contributed by atoms with Crippen LogP contribution in [0.25, 0.3) is 10.9 Å². The summed E-state index contributed by atoms with van der Waals surface area (Å²) in [6, 6.07) is 17.0. The first-order chi connectivity index (χ1) is 12.3. The predicted octanol–water partition coefficient (Wildman–Crippen LogP) is 4.04. The van der Waals surface area contributed by atoms with Gasteiger partial charge >= 0.3 is 0 Å². The van der Waals surface area contributed by atoms with Gasteiger partial charge in [0.25, 0.3) is 0 Å². The number of ether oxygens (including phenoxy) is 2. The van der Waals surface area contributed by atoms with Gasteiger partial charge in [-0.1, -0.05) is 24.3 Å². The fourth-order valence-electron chi connectivity index (χ4n) is 2.53. The van der Waals surface area contributed by atoms with E-state index in [-0.39, 0.29) is 5.91 Å². The lowest BCUT2D eigenvalue weighted by atomic mass is 10.1. The third kappa shape index (κ3) is 4.47. The smallest absolute Gasteiger partial charge is 0.224 e. The average Bonchev–Trinajstić information content (AvgIpc) is 2.66. The van der Waals surface area contributed by atoms with E-state index < -0.39 is 0 Å². The zero-order valence-corrected chi connectivity index (χ0v) is 14.1. The number of aromatic nitrogens is 1. The zero-order valence-electron chi connectivity index (χ0n) is 14.1. The average molecular weight is 336 g/mol. The Bertz CT molecular complexity index is 850. The summed E-state index contributed by atoms with van der Waals surface area (Å²) in [4.78, 5) is 16.6. The quantitative estimate of drug-likeness (QED) is 0.662. The number of amides is 1. The lowest BCUT2D eigenvalue weighted by Crippen LogP contribution is -2.13. The van der Waals surface area contributed by atoms with Crippen LogP contribution in [0, 0.1) is 0 Å². The highest BCUT2D eigenvalue weighted by Gasteiger charge is 2.09. The number of rotatable bonds is 7. The van der Waals surface area contributed by atoms with Crippen LogP contribution in [0.2, 0.25) is 0 Å². The molecule has 5 heteroatoms. The maximum absolute atomic E-state index is 12.2. The highest BCUT2D eigenvalue weighted by Crippen LogP contribution is 2.27. The third-order valence-electron chi connectivity index (χ3n) is 3.75. The molecule has 0 saturated heterocycles. The SMILES string of the molecule is COc1cc(NC(=O)CCCOc2ccccc2)c2ncccc2c1. The Morgan fingerprint density at radius 3 is 2.72 bits per heavy atom. The maximum Gasteiger partial charge on any atom is 0.224 e. The molecule has 2 aromatic carbocycles. The van der Waals surface area contributed by atoms with E-state index in [1.165, 1.54) is 0 Å². The molecule has 0 radical (unpaired) electrons. The summed E-state index contributed by atoms with van der Waals surface area (Å²) in [6.07, 6.45) is 2.71. The van der Waals surface area contributed by atoms with Gasteiger partial charge in [0.15, 0.2) is 0 Å². The fraction of sp³-hybridized carbons (Fsp3) is 0.200. The molecule has 1 N–H and O–H groups in total. The minimum absolute atomic E-state index is 0.0723. The van der Waals surface area contributed by atoms with Crippen LogP contribution in [-0.2, 0) is 4.79 Å². The molecule has 25 heavy (non-hydrogen) atoms. The number of carbonyl (C=O) groups is 1. The van der Waals surface area contributed by atoms with Crippen LogP contribution in [0.1, 0.15) is 12.8 Å². The van der Waals surface area contributed by atoms with Crippen LogP contribution in [0.3, 0.4) is 0 Å². The Labute approximate surface area is 146 Å². The van der Waals surface area contributed by atoms with Crippen molar-refractivity contribution in [2.75, 3.05) is 19.0 Å². The molecular formula is C20H20N2O3. The third-order valence-corrected chi connectivity index (χ3v) is 3.75. The van der Waals surface area contributed by atoms with E-state index in [4.69, 9.17) is 9.47 Å². The number of fused-ring (bicyclic) bond motifs is 1. The number of para-hydroxylation sites is 1. The summed E-state index contributed by atoms with van der Waals surface area (Å²) in [5.41, 5.74) is 1.40. The van der Waals surface area contributed by atoms with Crippen molar-refractivity contribution in [1.82, 2.24) is 4.98 Å². The summed E-state index contributed by atoms with van der Waals surface area (Å²) in [5, 5.41) is 3.84. The largest absolute Gasteiger partial charge is 0.497 e. The molecule has 128 valence electrons. The van der Waals surface area contributed by atoms with Crippen LogP contribution in [0.5, 0.6) is 11.5 Å². The van der Waals surface area contributed by atoms with Crippen molar-refractivity contribution >= 4 is 22.5 Å². The van der Waals surface area contributed by atoms with E-state index in [1.807, 2.05) is 48.5 Å². The van der Waals surface area contributed by atoms with Crippen LogP contribution in [-0.4, -0.2) is 24.6 Å². The first kappa shape index (κ1) is 16.8. The summed E-state index contributed by atoms with van der Waals surface area (Å²) < 4.78 is 10.9. The van der Waals surface area contributed by atoms with Crippen molar-refractivity contribution in [2.45, 2.75) is 12.8 Å². The van der Waals surface area contributed by atoms with Crippen molar-refractivity contribution in [3.63, 3.8) is 0 Å². The van der Waals surface area contributed by atoms with Gasteiger partial charge in [-0.3, -0.25) is 9.78 Å². The predicted molar refractivity (Wildman–Crippen MR) is 98.1 cm³/mol. The van der Waals surface area contributed by atoms with E-state index in [0.29, 0.717) is 30.9 Å². The molecule has 3 aromatic rings. The van der Waals surface area contributed by atoms with E-state index >= 15 is 0 Å². The summed E-state index contributed by atoms with van der Waals surface area (Å²) in [5.74, 6) is 1.42. The molecule has 0 spiro atoms. The van der Waals surface area contributed by atoms with E-state index in [0.717, 1.165) is 16.7 Å². The number of nitrogens with one attached hydrogen (secondary N) is 1. The first-order valence-electron chi connectivity index (χ1n) is 8.17. The van der Waals surface area contributed by atoms with Crippen molar-refractivity contribution in [1.29, 1.82) is 0 Å². The molecule has 0 unspecified atom stereocenters. The molecule has 0 bridgehead atoms. The second-order valence-corrected chi connectivity index (χ2v) is 5.56. The number of nitrogens with zero attached hydrogens (tertiary/aromatic N) is 1. The van der Waals surface area contributed by atoms with E-state index in [1.54, 1.807) is 19.4 Å². The highest BCUT2D eigenvalue weighted by molar-refractivity contribution is 6.01. The van der Waals surface area contributed by atoms with Gasteiger partial charge in [0.2, 0.25) is 5.91 Å². The van der Waals surface area contributed by atoms with Gasteiger partial charge in [-0.05, 0) is 30.7 Å². The van der Waals surface area contributed by atoms with Gasteiger partial charge in [0, 0.05) is 24.1 Å². The molecule has 1 aromatic heterocycles. The molecule has 0 aliphatic heterocycles. The van der Waals surface area contributed by atoms with Gasteiger partial charge in [-0.25, -0.2) is 0 Å². The topological polar surface area (TPSA) is 60.5 Å². The maximum atomic E-state index is 12.2. The van der Waals surface area contributed by atoms with Gasteiger partial charge in [-0.15, -0.1) is 0 Å². The Hall–Kier alpha value is -3.08. The Morgan fingerprint density at radius 1 is 1.08 bits per heavy atom. The molecule has 3 rings (SSSR count). The lowest BCUT2D eigenvalue weighted by Gasteiger charge is -2.11. The van der Waals surface area contributed by atoms with Gasteiger partial charge in [-0.2, -0.15) is 0 Å².